The van der Waals surface area contributed by atoms with E-state index < -0.39 is 4.92 Å². The van der Waals surface area contributed by atoms with E-state index >= 15 is 0 Å². The van der Waals surface area contributed by atoms with E-state index in [-0.39, 0.29) is 12.3 Å². The van der Waals surface area contributed by atoms with Crippen molar-refractivity contribution in [2.24, 2.45) is 0 Å². The molecule has 0 radical (unpaired) electrons. The Balaban J connectivity index is 2.36. The quantitative estimate of drug-likeness (QED) is 0.489. The predicted octanol–water partition coefficient (Wildman–Crippen LogP) is 2.15. The fourth-order valence-electron chi connectivity index (χ4n) is 2.83. The number of aldehydes is 1. The van der Waals surface area contributed by atoms with E-state index in [0.29, 0.717) is 30.1 Å². The molecule has 1 saturated carbocycles. The largest absolute Gasteiger partial charge is 0.395 e. The van der Waals surface area contributed by atoms with Gasteiger partial charge in [0.25, 0.3) is 5.69 Å². The smallest absolute Gasteiger partial charge is 0.270 e. The molecule has 1 fully saturated rings. The van der Waals surface area contributed by atoms with Crippen molar-refractivity contribution in [1.82, 2.24) is 0 Å². The Morgan fingerprint density at radius 1 is 1.40 bits per heavy atom. The molecule has 0 heterocycles. The van der Waals surface area contributed by atoms with Gasteiger partial charge >= 0.3 is 0 Å². The van der Waals surface area contributed by atoms with E-state index in [9.17, 15) is 20.0 Å². The molecule has 1 aliphatic rings. The first kappa shape index (κ1) is 14.5. The predicted molar refractivity (Wildman–Crippen MR) is 75.2 cm³/mol. The third-order valence-corrected chi connectivity index (χ3v) is 3.76. The second kappa shape index (κ2) is 6.47. The number of non-ortho nitro benzene ring substituents is 1. The summed E-state index contributed by atoms with van der Waals surface area (Å²) in [6.45, 7) is 0.426. The normalized spacial score (nSPS) is 15.2. The average molecular weight is 278 g/mol. The topological polar surface area (TPSA) is 83.7 Å². The van der Waals surface area contributed by atoms with Gasteiger partial charge < -0.3 is 10.0 Å². The van der Waals surface area contributed by atoms with Crippen LogP contribution in [0.1, 0.15) is 36.0 Å². The molecule has 2 rings (SSSR count). The molecule has 0 unspecified atom stereocenters. The van der Waals surface area contributed by atoms with Gasteiger partial charge in [-0.3, -0.25) is 14.9 Å². The summed E-state index contributed by atoms with van der Waals surface area (Å²) in [6.07, 6.45) is 4.96. The van der Waals surface area contributed by atoms with E-state index in [2.05, 4.69) is 0 Å². The Bertz CT molecular complexity index is 498. The van der Waals surface area contributed by atoms with Crippen molar-refractivity contribution in [3.63, 3.8) is 0 Å². The highest BCUT2D eigenvalue weighted by Gasteiger charge is 2.25. The maximum Gasteiger partial charge on any atom is 0.270 e. The van der Waals surface area contributed by atoms with E-state index in [0.717, 1.165) is 25.7 Å². The molecule has 0 aromatic heterocycles. The summed E-state index contributed by atoms with van der Waals surface area (Å²) in [4.78, 5) is 23.5. The van der Waals surface area contributed by atoms with Crippen LogP contribution in [0.5, 0.6) is 0 Å². The molecular formula is C14H18N2O4. The van der Waals surface area contributed by atoms with Gasteiger partial charge in [-0.25, -0.2) is 0 Å². The number of carbonyl (C=O) groups excluding carboxylic acids is 1. The van der Waals surface area contributed by atoms with Gasteiger partial charge in [0.1, 0.15) is 0 Å². The third-order valence-electron chi connectivity index (χ3n) is 3.76. The van der Waals surface area contributed by atoms with Crippen molar-refractivity contribution in [3.05, 3.63) is 33.9 Å². The molecule has 1 aromatic rings. The van der Waals surface area contributed by atoms with Gasteiger partial charge in [0.2, 0.25) is 0 Å². The molecule has 0 saturated heterocycles. The molecule has 0 atom stereocenters. The minimum atomic E-state index is -0.511. The zero-order valence-corrected chi connectivity index (χ0v) is 11.2. The molecule has 1 aliphatic carbocycles. The van der Waals surface area contributed by atoms with E-state index in [1.807, 2.05) is 4.90 Å². The average Bonchev–Trinajstić information content (AvgIpc) is 2.98. The van der Waals surface area contributed by atoms with Crippen LogP contribution in [-0.4, -0.2) is 35.5 Å². The Hall–Kier alpha value is -1.95. The summed E-state index contributed by atoms with van der Waals surface area (Å²) in [7, 11) is 0. The standard InChI is InChI=1S/C14H18N2O4/c17-8-7-15(12-3-1-2-4-12)14-6-5-13(16(19)20)9-11(14)10-18/h5-6,9-10,12,17H,1-4,7-8H2. The number of nitrogens with zero attached hydrogens (tertiary/aromatic N) is 2. The lowest BCUT2D eigenvalue weighted by molar-refractivity contribution is -0.384. The zero-order valence-electron chi connectivity index (χ0n) is 11.2. The van der Waals surface area contributed by atoms with Crippen molar-refractivity contribution in [1.29, 1.82) is 0 Å². The van der Waals surface area contributed by atoms with Crippen LogP contribution in [-0.2, 0) is 0 Å². The van der Waals surface area contributed by atoms with Crippen LogP contribution >= 0.6 is 0 Å². The molecule has 6 nitrogen and oxygen atoms in total. The van der Waals surface area contributed by atoms with Crippen LogP contribution in [0.3, 0.4) is 0 Å². The number of aliphatic hydroxyl groups excluding tert-OH is 1. The van der Waals surface area contributed by atoms with Gasteiger partial charge in [-0.15, -0.1) is 0 Å². The molecule has 108 valence electrons. The van der Waals surface area contributed by atoms with Crippen LogP contribution in [0.2, 0.25) is 0 Å². The number of hydrogen-bond donors (Lipinski definition) is 1. The van der Waals surface area contributed by atoms with Gasteiger partial charge in [0.15, 0.2) is 6.29 Å². The van der Waals surface area contributed by atoms with Crippen molar-refractivity contribution in [2.75, 3.05) is 18.1 Å². The fourth-order valence-corrected chi connectivity index (χ4v) is 2.83. The number of anilines is 1. The lowest BCUT2D eigenvalue weighted by Gasteiger charge is -2.31. The molecule has 6 heteroatoms. The fraction of sp³-hybridized carbons (Fsp3) is 0.500. The van der Waals surface area contributed by atoms with Crippen LogP contribution in [0, 0.1) is 10.1 Å². The lowest BCUT2D eigenvalue weighted by atomic mass is 10.1. The lowest BCUT2D eigenvalue weighted by Crippen LogP contribution is -2.36. The summed E-state index contributed by atoms with van der Waals surface area (Å²) >= 11 is 0. The van der Waals surface area contributed by atoms with Gasteiger partial charge in [0, 0.05) is 36.0 Å². The number of benzene rings is 1. The van der Waals surface area contributed by atoms with Gasteiger partial charge in [-0.1, -0.05) is 12.8 Å². The first-order valence-electron chi connectivity index (χ1n) is 6.78. The summed E-state index contributed by atoms with van der Waals surface area (Å²) < 4.78 is 0. The van der Waals surface area contributed by atoms with Crippen molar-refractivity contribution in [2.45, 2.75) is 31.7 Å². The SMILES string of the molecule is O=Cc1cc([N+](=O)[O-])ccc1N(CCO)C1CCCC1. The van der Waals surface area contributed by atoms with Crippen LogP contribution in [0.15, 0.2) is 18.2 Å². The Labute approximate surface area is 117 Å². The summed E-state index contributed by atoms with van der Waals surface area (Å²) in [5.74, 6) is 0. The van der Waals surface area contributed by atoms with Crippen LogP contribution in [0.25, 0.3) is 0 Å². The maximum atomic E-state index is 11.2. The summed E-state index contributed by atoms with van der Waals surface area (Å²) in [6, 6.07) is 4.60. The summed E-state index contributed by atoms with van der Waals surface area (Å²) in [5.41, 5.74) is 0.886. The molecular weight excluding hydrogens is 260 g/mol. The summed E-state index contributed by atoms with van der Waals surface area (Å²) in [5, 5.41) is 20.0. The van der Waals surface area contributed by atoms with Crippen molar-refractivity contribution in [3.8, 4) is 0 Å². The van der Waals surface area contributed by atoms with E-state index in [1.54, 1.807) is 6.07 Å². The Morgan fingerprint density at radius 3 is 2.65 bits per heavy atom. The minimum absolute atomic E-state index is 0.00815. The number of rotatable bonds is 6. The first-order valence-corrected chi connectivity index (χ1v) is 6.78. The van der Waals surface area contributed by atoms with Gasteiger partial charge in [0.05, 0.1) is 11.5 Å². The maximum absolute atomic E-state index is 11.2. The zero-order chi connectivity index (χ0) is 14.5. The minimum Gasteiger partial charge on any atom is -0.395 e. The number of aliphatic hydroxyl groups is 1. The van der Waals surface area contributed by atoms with Crippen molar-refractivity contribution >= 4 is 17.7 Å². The van der Waals surface area contributed by atoms with Gasteiger partial charge in [-0.05, 0) is 18.9 Å². The molecule has 1 aromatic carbocycles. The molecule has 0 spiro atoms. The highest BCUT2D eigenvalue weighted by Crippen LogP contribution is 2.31. The molecule has 0 aliphatic heterocycles. The number of nitro benzene ring substituents is 1. The Morgan fingerprint density at radius 2 is 2.10 bits per heavy atom. The highest BCUT2D eigenvalue weighted by molar-refractivity contribution is 5.86. The highest BCUT2D eigenvalue weighted by atomic mass is 16.6. The second-order valence-electron chi connectivity index (χ2n) is 4.97. The monoisotopic (exact) mass is 278 g/mol. The molecule has 1 N–H and O–H groups in total. The van der Waals surface area contributed by atoms with E-state index in [1.165, 1.54) is 12.1 Å². The molecule has 0 amide bonds. The Kier molecular flexibility index (Phi) is 4.68. The van der Waals surface area contributed by atoms with Crippen LogP contribution in [0.4, 0.5) is 11.4 Å². The van der Waals surface area contributed by atoms with Crippen molar-refractivity contribution < 1.29 is 14.8 Å². The van der Waals surface area contributed by atoms with E-state index in [4.69, 9.17) is 0 Å². The van der Waals surface area contributed by atoms with Crippen LogP contribution < -0.4 is 4.90 Å². The number of hydrogen-bond acceptors (Lipinski definition) is 5. The molecule has 0 bridgehead atoms. The number of carbonyl (C=O) groups is 1. The van der Waals surface area contributed by atoms with Gasteiger partial charge in [-0.2, -0.15) is 0 Å². The first-order chi connectivity index (χ1) is 9.67. The number of nitro groups is 1. The second-order valence-corrected chi connectivity index (χ2v) is 4.97. The third kappa shape index (κ3) is 2.96. The molecule has 20 heavy (non-hydrogen) atoms.